The molecule has 2 aromatic carbocycles. The number of nitrogens with one attached hydrogen (secondary N) is 3. The molecule has 0 radical (unpaired) electrons. The van der Waals surface area contributed by atoms with Crippen LogP contribution in [0.4, 0.5) is 4.79 Å². The fourth-order valence-electron chi connectivity index (χ4n) is 2.89. The molecule has 0 aliphatic rings. The van der Waals surface area contributed by atoms with Crippen molar-refractivity contribution in [3.8, 4) is 0 Å². The number of aromatic nitrogens is 1. The normalized spacial score (nSPS) is 10.7. The second-order valence-corrected chi connectivity index (χ2v) is 6.78. The summed E-state index contributed by atoms with van der Waals surface area (Å²) in [4.78, 5) is 26.3. The Morgan fingerprint density at radius 2 is 1.81 bits per heavy atom. The molecule has 1 aromatic heterocycles. The molecule has 0 unspecified atom stereocenters. The lowest BCUT2D eigenvalue weighted by molar-refractivity contribution is 0.0690. The molecule has 0 atom stereocenters. The summed E-state index contributed by atoms with van der Waals surface area (Å²) in [5.74, 6) is -1.10. The lowest BCUT2D eigenvalue weighted by Crippen LogP contribution is -2.36. The minimum absolute atomic E-state index is 0.0423. The Balaban J connectivity index is 1.67. The summed E-state index contributed by atoms with van der Waals surface area (Å²) in [7, 11) is 0. The number of hydrogen-bond acceptors (Lipinski definition) is 2. The van der Waals surface area contributed by atoms with Crippen LogP contribution in [0, 0.1) is 0 Å². The SMILES string of the molecule is O=C(NCCc1c(C(=O)O)[nH]c2cc(Cl)cc(Cl)c12)NCc1ccccc1. The fraction of sp³-hybridized carbons (Fsp3) is 0.158. The van der Waals surface area contributed by atoms with Crippen LogP contribution in [-0.4, -0.2) is 28.6 Å². The molecule has 2 amide bonds. The predicted molar refractivity (Wildman–Crippen MR) is 106 cm³/mol. The molecule has 6 nitrogen and oxygen atoms in total. The quantitative estimate of drug-likeness (QED) is 0.494. The first kappa shape index (κ1) is 19.1. The van der Waals surface area contributed by atoms with Crippen molar-refractivity contribution in [3.05, 3.63) is 69.3 Å². The molecule has 27 heavy (non-hydrogen) atoms. The van der Waals surface area contributed by atoms with Gasteiger partial charge < -0.3 is 20.7 Å². The Hall–Kier alpha value is -2.70. The van der Waals surface area contributed by atoms with Crippen LogP contribution in [0.1, 0.15) is 21.6 Å². The standard InChI is InChI=1S/C19H17Cl2N3O3/c20-12-8-14(21)16-13(17(18(25)26)24-15(16)9-12)6-7-22-19(27)23-10-11-4-2-1-3-5-11/h1-5,8-9,24H,6-7,10H2,(H,25,26)(H2,22,23,27). The van der Waals surface area contributed by atoms with Crippen molar-refractivity contribution in [1.82, 2.24) is 15.6 Å². The number of carboxylic acids is 1. The van der Waals surface area contributed by atoms with Crippen molar-refractivity contribution in [3.63, 3.8) is 0 Å². The minimum Gasteiger partial charge on any atom is -0.477 e. The molecule has 0 saturated carbocycles. The number of carboxylic acid groups (broad SMARTS) is 1. The van der Waals surface area contributed by atoms with Gasteiger partial charge in [-0.1, -0.05) is 53.5 Å². The number of fused-ring (bicyclic) bond motifs is 1. The molecule has 0 fully saturated rings. The smallest absolute Gasteiger partial charge is 0.352 e. The van der Waals surface area contributed by atoms with Crippen LogP contribution in [0.3, 0.4) is 0 Å². The lowest BCUT2D eigenvalue weighted by Gasteiger charge is -2.08. The number of H-pyrrole nitrogens is 1. The van der Waals surface area contributed by atoms with Gasteiger partial charge in [0.15, 0.2) is 0 Å². The molecule has 1 heterocycles. The number of aromatic amines is 1. The monoisotopic (exact) mass is 405 g/mol. The molecule has 3 aromatic rings. The summed E-state index contributed by atoms with van der Waals surface area (Å²) in [6, 6.07) is 12.4. The number of aromatic carboxylic acids is 1. The Kier molecular flexibility index (Phi) is 5.88. The Morgan fingerprint density at radius 3 is 2.52 bits per heavy atom. The molecule has 0 aliphatic carbocycles. The first-order valence-corrected chi connectivity index (χ1v) is 9.00. The van der Waals surface area contributed by atoms with E-state index in [1.54, 1.807) is 12.1 Å². The maximum atomic E-state index is 11.9. The van der Waals surface area contributed by atoms with Gasteiger partial charge in [-0.25, -0.2) is 9.59 Å². The van der Waals surface area contributed by atoms with Crippen LogP contribution >= 0.6 is 23.2 Å². The molecular formula is C19H17Cl2N3O3. The molecule has 0 spiro atoms. The Labute approximate surface area is 165 Å². The van der Waals surface area contributed by atoms with Crippen molar-refractivity contribution in [2.75, 3.05) is 6.54 Å². The van der Waals surface area contributed by atoms with E-state index in [9.17, 15) is 14.7 Å². The first-order valence-electron chi connectivity index (χ1n) is 8.24. The third-order valence-electron chi connectivity index (χ3n) is 4.09. The molecule has 0 bridgehead atoms. The van der Waals surface area contributed by atoms with Crippen LogP contribution in [0.2, 0.25) is 10.0 Å². The van der Waals surface area contributed by atoms with E-state index in [-0.39, 0.29) is 18.3 Å². The van der Waals surface area contributed by atoms with E-state index < -0.39 is 5.97 Å². The van der Waals surface area contributed by atoms with Gasteiger partial charge in [0.05, 0.1) is 5.02 Å². The van der Waals surface area contributed by atoms with Gasteiger partial charge in [-0.3, -0.25) is 0 Å². The summed E-state index contributed by atoms with van der Waals surface area (Å²) in [6.45, 7) is 0.664. The number of halogens is 2. The zero-order valence-corrected chi connectivity index (χ0v) is 15.7. The van der Waals surface area contributed by atoms with Crippen LogP contribution in [0.5, 0.6) is 0 Å². The molecule has 3 rings (SSSR count). The highest BCUT2D eigenvalue weighted by atomic mass is 35.5. The summed E-state index contributed by atoms with van der Waals surface area (Å²) < 4.78 is 0. The van der Waals surface area contributed by atoms with E-state index in [4.69, 9.17) is 23.2 Å². The number of amides is 2. The Bertz CT molecular complexity index is 987. The van der Waals surface area contributed by atoms with E-state index in [2.05, 4.69) is 15.6 Å². The first-order chi connectivity index (χ1) is 13.0. The number of benzene rings is 2. The largest absolute Gasteiger partial charge is 0.477 e. The van der Waals surface area contributed by atoms with E-state index in [0.29, 0.717) is 39.5 Å². The number of urea groups is 1. The zero-order valence-electron chi connectivity index (χ0n) is 14.2. The minimum atomic E-state index is -1.10. The number of hydrogen-bond donors (Lipinski definition) is 4. The van der Waals surface area contributed by atoms with Crippen molar-refractivity contribution in [2.24, 2.45) is 0 Å². The van der Waals surface area contributed by atoms with Gasteiger partial charge in [-0.15, -0.1) is 0 Å². The predicted octanol–water partition coefficient (Wildman–Crippen LogP) is 4.21. The maximum absolute atomic E-state index is 11.9. The maximum Gasteiger partial charge on any atom is 0.352 e. The van der Waals surface area contributed by atoms with Crippen LogP contribution in [0.25, 0.3) is 10.9 Å². The molecule has 0 aliphatic heterocycles. The van der Waals surface area contributed by atoms with Gasteiger partial charge in [0, 0.05) is 29.0 Å². The van der Waals surface area contributed by atoms with Gasteiger partial charge in [-0.05, 0) is 29.7 Å². The summed E-state index contributed by atoms with van der Waals surface area (Å²) >= 11 is 12.2. The van der Waals surface area contributed by atoms with Gasteiger partial charge in [0.1, 0.15) is 5.69 Å². The second kappa shape index (κ2) is 8.33. The average molecular weight is 406 g/mol. The van der Waals surface area contributed by atoms with E-state index in [1.807, 2.05) is 30.3 Å². The molecule has 140 valence electrons. The highest BCUT2D eigenvalue weighted by molar-refractivity contribution is 6.39. The van der Waals surface area contributed by atoms with Crippen LogP contribution in [0.15, 0.2) is 42.5 Å². The van der Waals surface area contributed by atoms with Crippen molar-refractivity contribution < 1.29 is 14.7 Å². The fourth-order valence-corrected chi connectivity index (χ4v) is 3.50. The van der Waals surface area contributed by atoms with Crippen molar-refractivity contribution in [1.29, 1.82) is 0 Å². The third-order valence-corrected chi connectivity index (χ3v) is 4.60. The van der Waals surface area contributed by atoms with Crippen molar-refractivity contribution >= 4 is 46.1 Å². The second-order valence-electron chi connectivity index (χ2n) is 5.94. The third kappa shape index (κ3) is 4.53. The summed E-state index contributed by atoms with van der Waals surface area (Å²) in [5, 5.41) is 16.3. The van der Waals surface area contributed by atoms with Gasteiger partial charge >= 0.3 is 12.0 Å². The van der Waals surface area contributed by atoms with Gasteiger partial charge in [0.25, 0.3) is 0 Å². The number of carbonyl (C=O) groups is 2. The number of rotatable bonds is 6. The highest BCUT2D eigenvalue weighted by Gasteiger charge is 2.19. The molecule has 4 N–H and O–H groups in total. The average Bonchev–Trinajstić information content (AvgIpc) is 3.00. The van der Waals surface area contributed by atoms with E-state index in [0.717, 1.165) is 5.56 Å². The van der Waals surface area contributed by atoms with Gasteiger partial charge in [0.2, 0.25) is 0 Å². The van der Waals surface area contributed by atoms with Crippen LogP contribution in [-0.2, 0) is 13.0 Å². The lowest BCUT2D eigenvalue weighted by atomic mass is 10.1. The van der Waals surface area contributed by atoms with Crippen LogP contribution < -0.4 is 10.6 Å². The Morgan fingerprint density at radius 1 is 1.07 bits per heavy atom. The van der Waals surface area contributed by atoms with E-state index in [1.165, 1.54) is 0 Å². The summed E-state index contributed by atoms with van der Waals surface area (Å²) in [6.07, 6.45) is 0.307. The van der Waals surface area contributed by atoms with Crippen molar-refractivity contribution in [2.45, 2.75) is 13.0 Å². The van der Waals surface area contributed by atoms with Gasteiger partial charge in [-0.2, -0.15) is 0 Å². The zero-order chi connectivity index (χ0) is 19.4. The molecular weight excluding hydrogens is 389 g/mol. The molecule has 0 saturated heterocycles. The topological polar surface area (TPSA) is 94.2 Å². The highest BCUT2D eigenvalue weighted by Crippen LogP contribution is 2.32. The summed E-state index contributed by atoms with van der Waals surface area (Å²) in [5.41, 5.74) is 2.11. The van der Waals surface area contributed by atoms with E-state index >= 15 is 0 Å². The number of carbonyl (C=O) groups excluding carboxylic acids is 1. The molecule has 8 heteroatoms.